The molecule has 1 aliphatic heterocycles. The Labute approximate surface area is 112 Å². The largest absolute Gasteiger partial charge is 0.481 e. The predicted octanol–water partition coefficient (Wildman–Crippen LogP) is 0.00410. The molecule has 1 unspecified atom stereocenters. The smallest absolute Gasteiger partial charge is 0.317 e. The second kappa shape index (κ2) is 5.07. The number of carbonyl (C=O) groups excluding carboxylic acids is 2. The molecule has 0 aliphatic carbocycles. The molecule has 1 fully saturated rings. The fourth-order valence-corrected chi connectivity index (χ4v) is 1.82. The summed E-state index contributed by atoms with van der Waals surface area (Å²) in [5.41, 5.74) is 3.58. The fraction of sp³-hybridized carbons (Fsp3) is 0.750. The Kier molecular flexibility index (Phi) is 4.07. The van der Waals surface area contributed by atoms with E-state index in [4.69, 9.17) is 10.8 Å². The molecule has 3 amide bonds. The van der Waals surface area contributed by atoms with Crippen LogP contribution in [0, 0.1) is 10.8 Å². The van der Waals surface area contributed by atoms with Gasteiger partial charge >= 0.3 is 12.0 Å². The van der Waals surface area contributed by atoms with Crippen LogP contribution in [0.25, 0.3) is 0 Å². The zero-order chi connectivity index (χ0) is 14.8. The van der Waals surface area contributed by atoms with Gasteiger partial charge in [0.2, 0.25) is 5.91 Å². The van der Waals surface area contributed by atoms with Crippen molar-refractivity contribution in [1.82, 2.24) is 10.2 Å². The second-order valence-corrected chi connectivity index (χ2v) is 5.94. The van der Waals surface area contributed by atoms with E-state index < -0.39 is 22.7 Å². The number of nitrogens with zero attached hydrogens (tertiary/aromatic N) is 1. The summed E-state index contributed by atoms with van der Waals surface area (Å²) in [7, 11) is 0. The van der Waals surface area contributed by atoms with Crippen molar-refractivity contribution in [2.75, 3.05) is 19.6 Å². The first kappa shape index (κ1) is 15.3. The van der Waals surface area contributed by atoms with Crippen molar-refractivity contribution in [1.29, 1.82) is 0 Å². The molecule has 1 aliphatic rings. The molecule has 0 aromatic carbocycles. The highest BCUT2D eigenvalue weighted by molar-refractivity contribution is 5.83. The van der Waals surface area contributed by atoms with Crippen LogP contribution in [0.1, 0.15) is 27.2 Å². The van der Waals surface area contributed by atoms with Crippen LogP contribution in [0.5, 0.6) is 0 Å². The Balaban J connectivity index is 2.53. The van der Waals surface area contributed by atoms with E-state index in [0.29, 0.717) is 13.0 Å². The van der Waals surface area contributed by atoms with Gasteiger partial charge in [-0.25, -0.2) is 4.79 Å². The van der Waals surface area contributed by atoms with Gasteiger partial charge in [0.1, 0.15) is 0 Å². The standard InChI is InChI=1S/C12H21N3O4/c1-11(2,9(17)18)6-14-10(19)15-5-4-12(3,7-15)8(13)16/h4-7H2,1-3H3,(H2,13,16)(H,14,19)(H,17,18). The highest BCUT2D eigenvalue weighted by Gasteiger charge is 2.41. The van der Waals surface area contributed by atoms with Gasteiger partial charge in [-0.05, 0) is 27.2 Å². The van der Waals surface area contributed by atoms with E-state index in [1.165, 1.54) is 18.7 Å². The maximum absolute atomic E-state index is 11.9. The van der Waals surface area contributed by atoms with Gasteiger partial charge in [-0.15, -0.1) is 0 Å². The van der Waals surface area contributed by atoms with Crippen LogP contribution in [0.3, 0.4) is 0 Å². The molecular formula is C12H21N3O4. The number of primary amides is 1. The van der Waals surface area contributed by atoms with E-state index in [-0.39, 0.29) is 19.1 Å². The number of hydrogen-bond acceptors (Lipinski definition) is 3. The Morgan fingerprint density at radius 1 is 1.42 bits per heavy atom. The molecule has 1 saturated heterocycles. The second-order valence-electron chi connectivity index (χ2n) is 5.94. The number of aliphatic carboxylic acids is 1. The lowest BCUT2D eigenvalue weighted by Crippen LogP contribution is -2.46. The maximum Gasteiger partial charge on any atom is 0.317 e. The van der Waals surface area contributed by atoms with Gasteiger partial charge in [-0.2, -0.15) is 0 Å². The summed E-state index contributed by atoms with van der Waals surface area (Å²) >= 11 is 0. The van der Waals surface area contributed by atoms with E-state index in [1.54, 1.807) is 6.92 Å². The number of carboxylic acid groups (broad SMARTS) is 1. The van der Waals surface area contributed by atoms with Gasteiger partial charge in [0.05, 0.1) is 10.8 Å². The van der Waals surface area contributed by atoms with E-state index in [9.17, 15) is 14.4 Å². The number of hydrogen-bond donors (Lipinski definition) is 3. The summed E-state index contributed by atoms with van der Waals surface area (Å²) < 4.78 is 0. The molecule has 7 nitrogen and oxygen atoms in total. The van der Waals surface area contributed by atoms with E-state index in [2.05, 4.69) is 5.32 Å². The van der Waals surface area contributed by atoms with Gasteiger partial charge < -0.3 is 21.1 Å². The summed E-state index contributed by atoms with van der Waals surface area (Å²) in [6.45, 7) is 5.54. The van der Waals surface area contributed by atoms with E-state index in [1.807, 2.05) is 0 Å². The first-order valence-corrected chi connectivity index (χ1v) is 6.14. The van der Waals surface area contributed by atoms with Crippen molar-refractivity contribution in [2.45, 2.75) is 27.2 Å². The highest BCUT2D eigenvalue weighted by Crippen LogP contribution is 2.29. The van der Waals surface area contributed by atoms with Crippen LogP contribution in [0.4, 0.5) is 4.79 Å². The molecule has 1 atom stereocenters. The van der Waals surface area contributed by atoms with E-state index in [0.717, 1.165) is 0 Å². The van der Waals surface area contributed by atoms with Crippen molar-refractivity contribution >= 4 is 17.9 Å². The Bertz CT molecular complexity index is 408. The van der Waals surface area contributed by atoms with E-state index >= 15 is 0 Å². The van der Waals surface area contributed by atoms with Crippen LogP contribution in [0.15, 0.2) is 0 Å². The highest BCUT2D eigenvalue weighted by atomic mass is 16.4. The average Bonchev–Trinajstić information content (AvgIpc) is 2.70. The predicted molar refractivity (Wildman–Crippen MR) is 68.3 cm³/mol. The molecule has 0 radical (unpaired) electrons. The van der Waals surface area contributed by atoms with Crippen LogP contribution >= 0.6 is 0 Å². The zero-order valence-corrected chi connectivity index (χ0v) is 11.5. The van der Waals surface area contributed by atoms with Crippen LogP contribution in [0.2, 0.25) is 0 Å². The van der Waals surface area contributed by atoms with Gasteiger partial charge in [0.15, 0.2) is 0 Å². The Morgan fingerprint density at radius 3 is 2.42 bits per heavy atom. The molecule has 1 heterocycles. The zero-order valence-electron chi connectivity index (χ0n) is 11.5. The minimum absolute atomic E-state index is 0.0327. The van der Waals surface area contributed by atoms with Gasteiger partial charge in [-0.3, -0.25) is 9.59 Å². The molecule has 0 bridgehead atoms. The lowest BCUT2D eigenvalue weighted by molar-refractivity contribution is -0.146. The fourth-order valence-electron chi connectivity index (χ4n) is 1.82. The lowest BCUT2D eigenvalue weighted by atomic mass is 9.89. The molecule has 0 aromatic rings. The molecule has 7 heteroatoms. The quantitative estimate of drug-likeness (QED) is 0.668. The number of nitrogens with one attached hydrogen (secondary N) is 1. The summed E-state index contributed by atoms with van der Waals surface area (Å²) in [5, 5.41) is 11.5. The topological polar surface area (TPSA) is 113 Å². The monoisotopic (exact) mass is 271 g/mol. The molecule has 0 saturated carbocycles. The van der Waals surface area contributed by atoms with Crippen LogP contribution < -0.4 is 11.1 Å². The number of nitrogens with two attached hydrogens (primary N) is 1. The van der Waals surface area contributed by atoms with Gasteiger partial charge in [0, 0.05) is 19.6 Å². The summed E-state index contributed by atoms with van der Waals surface area (Å²) in [6.07, 6.45) is 0.526. The third-order valence-corrected chi connectivity index (χ3v) is 3.62. The third kappa shape index (κ3) is 3.36. The van der Waals surface area contributed by atoms with Gasteiger partial charge in [-0.1, -0.05) is 0 Å². The average molecular weight is 271 g/mol. The van der Waals surface area contributed by atoms with Crippen molar-refractivity contribution in [3.05, 3.63) is 0 Å². The normalized spacial score (nSPS) is 23.2. The van der Waals surface area contributed by atoms with Crippen molar-refractivity contribution in [3.8, 4) is 0 Å². The SMILES string of the molecule is CC(C)(CNC(=O)N1CCC(C)(C(N)=O)C1)C(=O)O. The molecule has 0 aromatic heterocycles. The van der Waals surface area contributed by atoms with Crippen molar-refractivity contribution in [3.63, 3.8) is 0 Å². The molecular weight excluding hydrogens is 250 g/mol. The summed E-state index contributed by atoms with van der Waals surface area (Å²) in [5.74, 6) is -1.40. The lowest BCUT2D eigenvalue weighted by Gasteiger charge is -2.24. The summed E-state index contributed by atoms with van der Waals surface area (Å²) in [6, 6.07) is -0.362. The number of carboxylic acids is 1. The Morgan fingerprint density at radius 2 is 2.00 bits per heavy atom. The first-order valence-electron chi connectivity index (χ1n) is 6.14. The molecule has 19 heavy (non-hydrogen) atoms. The Hall–Kier alpha value is -1.79. The minimum atomic E-state index is -1.03. The van der Waals surface area contributed by atoms with Crippen molar-refractivity contribution in [2.24, 2.45) is 16.6 Å². The summed E-state index contributed by atoms with van der Waals surface area (Å²) in [4.78, 5) is 35.6. The number of likely N-dealkylation sites (tertiary alicyclic amines) is 1. The number of amides is 3. The third-order valence-electron chi connectivity index (χ3n) is 3.62. The first-order chi connectivity index (χ1) is 8.58. The van der Waals surface area contributed by atoms with Gasteiger partial charge in [0.25, 0.3) is 0 Å². The molecule has 1 rings (SSSR count). The molecule has 0 spiro atoms. The van der Waals surface area contributed by atoms with Crippen LogP contribution in [-0.4, -0.2) is 47.5 Å². The maximum atomic E-state index is 11.9. The minimum Gasteiger partial charge on any atom is -0.481 e. The number of urea groups is 1. The number of rotatable bonds is 4. The molecule has 4 N–H and O–H groups in total. The molecule has 108 valence electrons. The van der Waals surface area contributed by atoms with Crippen molar-refractivity contribution < 1.29 is 19.5 Å². The van der Waals surface area contributed by atoms with Crippen LogP contribution in [-0.2, 0) is 9.59 Å². The number of carbonyl (C=O) groups is 3.